The molecule has 8 heteroatoms. The zero-order valence-corrected chi connectivity index (χ0v) is 19.6. The van der Waals surface area contributed by atoms with Crippen LogP contribution in [0.4, 0.5) is 5.69 Å². The van der Waals surface area contributed by atoms with Gasteiger partial charge in [-0.2, -0.15) is 5.26 Å². The first-order valence-corrected chi connectivity index (χ1v) is 11.7. The Kier molecular flexibility index (Phi) is 6.24. The molecular weight excluding hydrogens is 480 g/mol. The van der Waals surface area contributed by atoms with Crippen molar-refractivity contribution in [3.05, 3.63) is 70.8 Å². The van der Waals surface area contributed by atoms with Gasteiger partial charge in [0.15, 0.2) is 5.65 Å². The van der Waals surface area contributed by atoms with E-state index < -0.39 is 0 Å². The van der Waals surface area contributed by atoms with E-state index in [2.05, 4.69) is 46.8 Å². The number of hydrogen-bond donors (Lipinski definition) is 1. The van der Waals surface area contributed by atoms with E-state index in [1.165, 1.54) is 0 Å². The molecule has 166 valence electrons. The molecule has 1 N–H and O–H groups in total. The van der Waals surface area contributed by atoms with Crippen LogP contribution in [-0.2, 0) is 0 Å². The average molecular weight is 503 g/mol. The molecular formula is C25H23BrN6O. The molecule has 0 atom stereocenters. The highest BCUT2D eigenvalue weighted by Gasteiger charge is 2.19. The smallest absolute Gasteiger partial charge is 0.157 e. The number of nitrogens with one attached hydrogen (secondary N) is 1. The summed E-state index contributed by atoms with van der Waals surface area (Å²) < 4.78 is 6.88. The van der Waals surface area contributed by atoms with Crippen molar-refractivity contribution in [2.45, 2.75) is 0 Å². The van der Waals surface area contributed by atoms with Gasteiger partial charge in [-0.25, -0.2) is 9.97 Å². The third-order valence-electron chi connectivity index (χ3n) is 5.84. The van der Waals surface area contributed by atoms with Crippen LogP contribution in [-0.4, -0.2) is 59.2 Å². The van der Waals surface area contributed by atoms with E-state index in [4.69, 9.17) is 4.74 Å². The van der Waals surface area contributed by atoms with Gasteiger partial charge in [0.1, 0.15) is 29.8 Å². The van der Waals surface area contributed by atoms with Gasteiger partial charge in [-0.3, -0.25) is 4.90 Å². The molecule has 0 amide bonds. The lowest BCUT2D eigenvalue weighted by Crippen LogP contribution is -2.47. The van der Waals surface area contributed by atoms with Crippen molar-refractivity contribution < 1.29 is 4.74 Å². The number of aromatic amines is 1. The highest BCUT2D eigenvalue weighted by molar-refractivity contribution is 9.10. The van der Waals surface area contributed by atoms with E-state index in [-0.39, 0.29) is 0 Å². The Bertz CT molecular complexity index is 1290. The number of nitrogens with zero attached hydrogens (tertiary/aromatic N) is 5. The first-order chi connectivity index (χ1) is 16.2. The van der Waals surface area contributed by atoms with Gasteiger partial charge < -0.3 is 14.6 Å². The van der Waals surface area contributed by atoms with Crippen molar-refractivity contribution in [1.29, 1.82) is 5.26 Å². The quantitative estimate of drug-likeness (QED) is 0.419. The number of anilines is 1. The fourth-order valence-electron chi connectivity index (χ4n) is 4.07. The number of rotatable bonds is 6. The highest BCUT2D eigenvalue weighted by atomic mass is 79.9. The Morgan fingerprint density at radius 2 is 1.85 bits per heavy atom. The number of piperazine rings is 1. The number of imidazole rings is 1. The van der Waals surface area contributed by atoms with Crippen molar-refractivity contribution in [3.8, 4) is 23.2 Å². The first kappa shape index (κ1) is 21.4. The van der Waals surface area contributed by atoms with Crippen LogP contribution in [0, 0.1) is 11.3 Å². The second-order valence-electron chi connectivity index (χ2n) is 7.94. The SMILES string of the molecule is N#Cc1ccccc1N1CCN(CCOc2ccc(-c3nc4cc(Br)cnc4[nH]3)cc2)CC1. The van der Waals surface area contributed by atoms with Gasteiger partial charge in [0.2, 0.25) is 0 Å². The molecule has 4 aromatic rings. The Labute approximate surface area is 200 Å². The zero-order valence-electron chi connectivity index (χ0n) is 18.0. The summed E-state index contributed by atoms with van der Waals surface area (Å²) in [5, 5.41) is 9.34. The normalized spacial score (nSPS) is 14.4. The standard InChI is InChI=1S/C25H23BrN6O/c26-20-15-22-25(28-17-20)30-24(29-22)18-5-7-21(8-6-18)33-14-13-31-9-11-32(12-10-31)23-4-2-1-3-19(23)16-27/h1-8,15,17H,9-14H2,(H,28,29,30). The summed E-state index contributed by atoms with van der Waals surface area (Å²) in [6.45, 7) is 5.25. The molecule has 0 bridgehead atoms. The number of halogens is 1. The number of pyridine rings is 1. The summed E-state index contributed by atoms with van der Waals surface area (Å²) >= 11 is 3.43. The fourth-order valence-corrected chi connectivity index (χ4v) is 4.38. The van der Waals surface area contributed by atoms with Crippen LogP contribution in [0.25, 0.3) is 22.6 Å². The van der Waals surface area contributed by atoms with Gasteiger partial charge in [0.05, 0.1) is 11.3 Å². The summed E-state index contributed by atoms with van der Waals surface area (Å²) in [4.78, 5) is 16.9. The molecule has 1 saturated heterocycles. The van der Waals surface area contributed by atoms with Gasteiger partial charge in [-0.1, -0.05) is 12.1 Å². The Morgan fingerprint density at radius 1 is 1.06 bits per heavy atom. The maximum Gasteiger partial charge on any atom is 0.157 e. The molecule has 1 aliphatic heterocycles. The third-order valence-corrected chi connectivity index (χ3v) is 6.28. The number of benzene rings is 2. The summed E-state index contributed by atoms with van der Waals surface area (Å²) in [5.41, 5.74) is 4.36. The molecule has 0 spiro atoms. The summed E-state index contributed by atoms with van der Waals surface area (Å²) in [6, 6.07) is 20.0. The summed E-state index contributed by atoms with van der Waals surface area (Å²) in [7, 11) is 0. The van der Waals surface area contributed by atoms with Crippen molar-refractivity contribution in [2.75, 3.05) is 44.2 Å². The predicted octanol–water partition coefficient (Wildman–Crippen LogP) is 4.46. The van der Waals surface area contributed by atoms with Crippen LogP contribution in [0.2, 0.25) is 0 Å². The van der Waals surface area contributed by atoms with Gasteiger partial charge in [0.25, 0.3) is 0 Å². The number of fused-ring (bicyclic) bond motifs is 1. The number of nitriles is 1. The van der Waals surface area contributed by atoms with Gasteiger partial charge in [-0.05, 0) is 58.4 Å². The van der Waals surface area contributed by atoms with E-state index in [1.54, 1.807) is 6.20 Å². The number of hydrogen-bond acceptors (Lipinski definition) is 6. The van der Waals surface area contributed by atoms with Crippen LogP contribution in [0.15, 0.2) is 65.3 Å². The minimum Gasteiger partial charge on any atom is -0.492 e. The van der Waals surface area contributed by atoms with Crippen LogP contribution in [0.3, 0.4) is 0 Å². The molecule has 5 rings (SSSR count). The topological polar surface area (TPSA) is 81.1 Å². The van der Waals surface area contributed by atoms with E-state index in [0.717, 1.165) is 76.7 Å². The number of para-hydroxylation sites is 1. The molecule has 1 aliphatic rings. The summed E-state index contributed by atoms with van der Waals surface area (Å²) in [6.07, 6.45) is 1.76. The van der Waals surface area contributed by atoms with E-state index in [9.17, 15) is 5.26 Å². The van der Waals surface area contributed by atoms with Gasteiger partial charge in [0, 0.05) is 49.0 Å². The van der Waals surface area contributed by atoms with Crippen LogP contribution >= 0.6 is 15.9 Å². The predicted molar refractivity (Wildman–Crippen MR) is 132 cm³/mol. The molecule has 1 fully saturated rings. The summed E-state index contributed by atoms with van der Waals surface area (Å²) in [5.74, 6) is 1.63. The lowest BCUT2D eigenvalue weighted by Gasteiger charge is -2.36. The molecule has 0 saturated carbocycles. The molecule has 0 radical (unpaired) electrons. The van der Waals surface area contributed by atoms with Crippen molar-refractivity contribution in [2.24, 2.45) is 0 Å². The first-order valence-electron chi connectivity index (χ1n) is 10.9. The Morgan fingerprint density at radius 3 is 2.64 bits per heavy atom. The number of aromatic nitrogens is 3. The zero-order chi connectivity index (χ0) is 22.6. The lowest BCUT2D eigenvalue weighted by molar-refractivity contribution is 0.200. The van der Waals surface area contributed by atoms with Crippen LogP contribution < -0.4 is 9.64 Å². The van der Waals surface area contributed by atoms with Crippen molar-refractivity contribution in [3.63, 3.8) is 0 Å². The Hall–Kier alpha value is -3.41. The fraction of sp³-hybridized carbons (Fsp3) is 0.240. The minimum atomic E-state index is 0.636. The molecule has 33 heavy (non-hydrogen) atoms. The van der Waals surface area contributed by atoms with E-state index in [1.807, 2.05) is 54.6 Å². The number of H-pyrrole nitrogens is 1. The molecule has 7 nitrogen and oxygen atoms in total. The second kappa shape index (κ2) is 9.61. The minimum absolute atomic E-state index is 0.636. The van der Waals surface area contributed by atoms with E-state index >= 15 is 0 Å². The van der Waals surface area contributed by atoms with Crippen LogP contribution in [0.5, 0.6) is 5.75 Å². The molecule has 2 aromatic carbocycles. The number of ether oxygens (including phenoxy) is 1. The maximum absolute atomic E-state index is 9.34. The van der Waals surface area contributed by atoms with Gasteiger partial charge >= 0.3 is 0 Å². The lowest BCUT2D eigenvalue weighted by atomic mass is 10.1. The van der Waals surface area contributed by atoms with Gasteiger partial charge in [-0.15, -0.1) is 0 Å². The highest BCUT2D eigenvalue weighted by Crippen LogP contribution is 2.24. The average Bonchev–Trinajstić information content (AvgIpc) is 3.28. The monoisotopic (exact) mass is 502 g/mol. The van der Waals surface area contributed by atoms with Crippen LogP contribution in [0.1, 0.15) is 5.56 Å². The largest absolute Gasteiger partial charge is 0.492 e. The molecule has 0 aliphatic carbocycles. The van der Waals surface area contributed by atoms with Crippen molar-refractivity contribution in [1.82, 2.24) is 19.9 Å². The van der Waals surface area contributed by atoms with E-state index in [0.29, 0.717) is 6.61 Å². The second-order valence-corrected chi connectivity index (χ2v) is 8.85. The van der Waals surface area contributed by atoms with Crippen molar-refractivity contribution >= 4 is 32.8 Å². The molecule has 2 aromatic heterocycles. The molecule has 0 unspecified atom stereocenters. The molecule has 3 heterocycles. The Balaban J connectivity index is 1.12. The third kappa shape index (κ3) is 4.85. The maximum atomic E-state index is 9.34.